The fraction of sp³-hybridized carbons (Fsp3) is 0.412. The number of hydrogen-bond donors (Lipinski definition) is 1. The first kappa shape index (κ1) is 16.0. The van der Waals surface area contributed by atoms with E-state index in [1.807, 2.05) is 42.2 Å². The standard InChI is InChI=1S/C17H21N3O2S/c1-2-22-11-13-8-9-20(10-13)17(21)15-16(23-12-18-15)19-14-6-4-3-5-7-14/h3-7,12-13,19H,2,8-11H2,1H3/t13-/m1/s1. The highest BCUT2D eigenvalue weighted by Gasteiger charge is 2.29. The number of hydrogen-bond acceptors (Lipinski definition) is 5. The molecule has 1 aromatic heterocycles. The van der Waals surface area contributed by atoms with Gasteiger partial charge in [-0.15, -0.1) is 11.3 Å². The van der Waals surface area contributed by atoms with Crippen molar-refractivity contribution in [1.82, 2.24) is 9.88 Å². The van der Waals surface area contributed by atoms with Gasteiger partial charge >= 0.3 is 0 Å². The van der Waals surface area contributed by atoms with Gasteiger partial charge in [0, 0.05) is 31.3 Å². The van der Waals surface area contributed by atoms with Crippen LogP contribution in [-0.4, -0.2) is 42.1 Å². The molecule has 6 heteroatoms. The van der Waals surface area contributed by atoms with E-state index >= 15 is 0 Å². The fourth-order valence-electron chi connectivity index (χ4n) is 2.73. The van der Waals surface area contributed by atoms with Crippen molar-refractivity contribution < 1.29 is 9.53 Å². The van der Waals surface area contributed by atoms with Gasteiger partial charge in [-0.2, -0.15) is 0 Å². The summed E-state index contributed by atoms with van der Waals surface area (Å²) in [6.45, 7) is 4.98. The van der Waals surface area contributed by atoms with E-state index in [0.29, 0.717) is 11.6 Å². The highest BCUT2D eigenvalue weighted by Crippen LogP contribution is 2.27. The van der Waals surface area contributed by atoms with Crippen molar-refractivity contribution in [3.05, 3.63) is 41.5 Å². The van der Waals surface area contributed by atoms with Crippen molar-refractivity contribution in [2.75, 3.05) is 31.6 Å². The summed E-state index contributed by atoms with van der Waals surface area (Å²) in [6.07, 6.45) is 0.997. The molecule has 0 aliphatic carbocycles. The van der Waals surface area contributed by atoms with Crippen LogP contribution in [0.4, 0.5) is 10.7 Å². The van der Waals surface area contributed by atoms with Crippen molar-refractivity contribution in [3.63, 3.8) is 0 Å². The minimum atomic E-state index is 0.00341. The minimum absolute atomic E-state index is 0.00341. The van der Waals surface area contributed by atoms with Crippen LogP contribution in [0.1, 0.15) is 23.8 Å². The van der Waals surface area contributed by atoms with Crippen molar-refractivity contribution >= 4 is 27.9 Å². The average molecular weight is 331 g/mol. The van der Waals surface area contributed by atoms with Crippen LogP contribution in [0, 0.1) is 5.92 Å². The van der Waals surface area contributed by atoms with Crippen molar-refractivity contribution in [1.29, 1.82) is 0 Å². The zero-order chi connectivity index (χ0) is 16.1. The summed E-state index contributed by atoms with van der Waals surface area (Å²) in [5.74, 6) is 0.437. The Morgan fingerprint density at radius 3 is 3.04 bits per heavy atom. The number of ether oxygens (including phenoxy) is 1. The van der Waals surface area contributed by atoms with Gasteiger partial charge < -0.3 is 15.0 Å². The smallest absolute Gasteiger partial charge is 0.275 e. The van der Waals surface area contributed by atoms with E-state index in [1.54, 1.807) is 5.51 Å². The van der Waals surface area contributed by atoms with Crippen LogP contribution in [-0.2, 0) is 4.74 Å². The summed E-state index contributed by atoms with van der Waals surface area (Å²) < 4.78 is 5.48. The zero-order valence-electron chi connectivity index (χ0n) is 13.2. The Morgan fingerprint density at radius 2 is 2.26 bits per heavy atom. The Balaban J connectivity index is 1.66. The normalized spacial score (nSPS) is 17.4. The molecular weight excluding hydrogens is 310 g/mol. The molecule has 1 aromatic carbocycles. The Morgan fingerprint density at radius 1 is 1.43 bits per heavy atom. The number of nitrogens with zero attached hydrogens (tertiary/aromatic N) is 2. The number of amides is 1. The topological polar surface area (TPSA) is 54.5 Å². The van der Waals surface area contributed by atoms with Crippen LogP contribution in [0.25, 0.3) is 0 Å². The molecule has 1 atom stereocenters. The van der Waals surface area contributed by atoms with Gasteiger partial charge in [0.25, 0.3) is 5.91 Å². The van der Waals surface area contributed by atoms with Crippen molar-refractivity contribution in [2.45, 2.75) is 13.3 Å². The Kier molecular flexibility index (Phi) is 5.25. The zero-order valence-corrected chi connectivity index (χ0v) is 14.0. The number of thiazole rings is 1. The molecule has 0 unspecified atom stereocenters. The summed E-state index contributed by atoms with van der Waals surface area (Å²) in [4.78, 5) is 18.9. The molecule has 0 bridgehead atoms. The summed E-state index contributed by atoms with van der Waals surface area (Å²) in [5, 5.41) is 4.09. The molecule has 0 radical (unpaired) electrons. The lowest BCUT2D eigenvalue weighted by Crippen LogP contribution is -2.30. The predicted octanol–water partition coefficient (Wildman–Crippen LogP) is 3.39. The van der Waals surface area contributed by atoms with Gasteiger partial charge in [0.05, 0.1) is 12.1 Å². The highest BCUT2D eigenvalue weighted by atomic mass is 32.1. The van der Waals surface area contributed by atoms with Gasteiger partial charge in [-0.1, -0.05) is 18.2 Å². The summed E-state index contributed by atoms with van der Waals surface area (Å²) in [7, 11) is 0. The molecular formula is C17H21N3O2S. The largest absolute Gasteiger partial charge is 0.381 e. The monoisotopic (exact) mass is 331 g/mol. The second-order valence-corrected chi connectivity index (χ2v) is 6.44. The number of benzene rings is 1. The van der Waals surface area contributed by atoms with Gasteiger partial charge in [-0.3, -0.25) is 4.79 Å². The minimum Gasteiger partial charge on any atom is -0.381 e. The summed E-state index contributed by atoms with van der Waals surface area (Å²) >= 11 is 1.45. The molecule has 1 aliphatic rings. The van der Waals surface area contributed by atoms with Crippen LogP contribution < -0.4 is 5.32 Å². The van der Waals surface area contributed by atoms with E-state index in [4.69, 9.17) is 4.74 Å². The molecule has 1 aliphatic heterocycles. The maximum Gasteiger partial charge on any atom is 0.275 e. The van der Waals surface area contributed by atoms with E-state index in [9.17, 15) is 4.79 Å². The molecule has 1 N–H and O–H groups in total. The first-order valence-corrected chi connectivity index (χ1v) is 8.78. The van der Waals surface area contributed by atoms with Crippen molar-refractivity contribution in [3.8, 4) is 0 Å². The Hall–Kier alpha value is -1.92. The maximum absolute atomic E-state index is 12.7. The first-order chi connectivity index (χ1) is 11.3. The first-order valence-electron chi connectivity index (χ1n) is 7.90. The lowest BCUT2D eigenvalue weighted by Gasteiger charge is -2.16. The molecule has 1 saturated heterocycles. The van der Waals surface area contributed by atoms with Gasteiger partial charge in [0.15, 0.2) is 5.69 Å². The number of carbonyl (C=O) groups excluding carboxylic acids is 1. The number of nitrogens with one attached hydrogen (secondary N) is 1. The molecule has 0 saturated carbocycles. The highest BCUT2D eigenvalue weighted by molar-refractivity contribution is 7.14. The molecule has 2 aromatic rings. The van der Waals surface area contributed by atoms with Crippen LogP contribution in [0.3, 0.4) is 0 Å². The third-order valence-corrected chi connectivity index (χ3v) is 4.67. The lowest BCUT2D eigenvalue weighted by molar-refractivity contribution is 0.0759. The maximum atomic E-state index is 12.7. The number of likely N-dealkylation sites (tertiary alicyclic amines) is 1. The number of anilines is 2. The molecule has 1 amide bonds. The van der Waals surface area contributed by atoms with Crippen LogP contribution in [0.2, 0.25) is 0 Å². The van der Waals surface area contributed by atoms with Gasteiger partial charge in [0.1, 0.15) is 5.00 Å². The molecule has 5 nitrogen and oxygen atoms in total. The average Bonchev–Trinajstić information content (AvgIpc) is 3.22. The predicted molar refractivity (Wildman–Crippen MR) is 92.3 cm³/mol. The Bertz CT molecular complexity index is 644. The summed E-state index contributed by atoms with van der Waals surface area (Å²) in [5.41, 5.74) is 3.18. The van der Waals surface area contributed by atoms with E-state index in [-0.39, 0.29) is 5.91 Å². The van der Waals surface area contributed by atoms with Crippen LogP contribution >= 0.6 is 11.3 Å². The quantitative estimate of drug-likeness (QED) is 0.881. The van der Waals surface area contributed by atoms with Gasteiger partial charge in [-0.05, 0) is 25.5 Å². The Labute approximate surface area is 140 Å². The molecule has 3 rings (SSSR count). The number of rotatable bonds is 6. The number of carbonyl (C=O) groups is 1. The second kappa shape index (κ2) is 7.57. The molecule has 0 spiro atoms. The van der Waals surface area contributed by atoms with E-state index in [0.717, 1.165) is 43.4 Å². The van der Waals surface area contributed by atoms with E-state index in [1.165, 1.54) is 11.3 Å². The number of aromatic nitrogens is 1. The molecule has 2 heterocycles. The SMILES string of the molecule is CCOC[C@@H]1CCN(C(=O)c2ncsc2Nc2ccccc2)C1. The van der Waals surface area contributed by atoms with E-state index < -0.39 is 0 Å². The second-order valence-electron chi connectivity index (χ2n) is 5.59. The summed E-state index contributed by atoms with van der Waals surface area (Å²) in [6, 6.07) is 9.84. The van der Waals surface area contributed by atoms with Crippen LogP contribution in [0.15, 0.2) is 35.8 Å². The van der Waals surface area contributed by atoms with Gasteiger partial charge in [-0.25, -0.2) is 4.98 Å². The lowest BCUT2D eigenvalue weighted by atomic mass is 10.1. The van der Waals surface area contributed by atoms with Crippen molar-refractivity contribution in [2.24, 2.45) is 5.92 Å². The molecule has 23 heavy (non-hydrogen) atoms. The van der Waals surface area contributed by atoms with Gasteiger partial charge in [0.2, 0.25) is 0 Å². The van der Waals surface area contributed by atoms with E-state index in [2.05, 4.69) is 10.3 Å². The molecule has 122 valence electrons. The third-order valence-electron chi connectivity index (χ3n) is 3.93. The number of para-hydroxylation sites is 1. The fourth-order valence-corrected chi connectivity index (χ4v) is 3.42. The third kappa shape index (κ3) is 3.89. The van der Waals surface area contributed by atoms with Crippen LogP contribution in [0.5, 0.6) is 0 Å². The molecule has 1 fully saturated rings.